The van der Waals surface area contributed by atoms with E-state index in [9.17, 15) is 4.57 Å². The number of hydrogen-bond donors (Lipinski definition) is 0. The molecule has 0 aliphatic rings. The fourth-order valence-corrected chi connectivity index (χ4v) is 3.03. The molecule has 0 aromatic rings. The summed E-state index contributed by atoms with van der Waals surface area (Å²) >= 11 is 0. The first-order chi connectivity index (χ1) is 11.1. The number of rotatable bonds is 17. The van der Waals surface area contributed by atoms with Gasteiger partial charge in [-0.15, -0.1) is 4.52 Å². The monoisotopic (exact) mass is 349 g/mol. The SMILES string of the molecule is CCCCCCCCO[P+](=O)C(C)(OCCCC)OCCCC. The summed E-state index contributed by atoms with van der Waals surface area (Å²) in [7, 11) is -1.98. The van der Waals surface area contributed by atoms with Crippen LogP contribution in [0, 0.1) is 0 Å². The van der Waals surface area contributed by atoms with Gasteiger partial charge in [0, 0.05) is 6.92 Å². The normalized spacial score (nSPS) is 12.6. The Morgan fingerprint density at radius 3 is 1.70 bits per heavy atom. The van der Waals surface area contributed by atoms with Crippen LogP contribution in [0.4, 0.5) is 0 Å². The van der Waals surface area contributed by atoms with E-state index in [1.165, 1.54) is 25.7 Å². The van der Waals surface area contributed by atoms with Gasteiger partial charge in [0.05, 0.1) is 13.2 Å². The zero-order chi connectivity index (χ0) is 17.4. The lowest BCUT2D eigenvalue weighted by Crippen LogP contribution is -2.30. The molecular formula is C18H38O4P+. The summed E-state index contributed by atoms with van der Waals surface area (Å²) in [5, 5.41) is 0. The third kappa shape index (κ3) is 12.1. The highest BCUT2D eigenvalue weighted by Crippen LogP contribution is 2.42. The predicted octanol–water partition coefficient (Wildman–Crippen LogP) is 6.41. The molecule has 0 aromatic heterocycles. The zero-order valence-electron chi connectivity index (χ0n) is 15.8. The van der Waals surface area contributed by atoms with Crippen LogP contribution in [0.15, 0.2) is 0 Å². The Morgan fingerprint density at radius 1 is 0.696 bits per heavy atom. The lowest BCUT2D eigenvalue weighted by Gasteiger charge is -2.19. The molecule has 0 aromatic carbocycles. The van der Waals surface area contributed by atoms with Gasteiger partial charge in [0.25, 0.3) is 0 Å². The van der Waals surface area contributed by atoms with Crippen molar-refractivity contribution in [3.8, 4) is 0 Å². The van der Waals surface area contributed by atoms with Gasteiger partial charge in [0.2, 0.25) is 0 Å². The average molecular weight is 349 g/mol. The predicted molar refractivity (Wildman–Crippen MR) is 97.1 cm³/mol. The van der Waals surface area contributed by atoms with Crippen molar-refractivity contribution in [3.63, 3.8) is 0 Å². The van der Waals surface area contributed by atoms with E-state index in [2.05, 4.69) is 20.8 Å². The standard InChI is InChI=1S/C18H38O4P/c1-5-8-11-12-13-14-17-22-23(19)18(4,20-15-9-6-2)21-16-10-7-3/h5-17H2,1-4H3/q+1. The van der Waals surface area contributed by atoms with Crippen molar-refractivity contribution in [1.82, 2.24) is 0 Å². The van der Waals surface area contributed by atoms with Crippen LogP contribution in [0.1, 0.15) is 91.9 Å². The van der Waals surface area contributed by atoms with Crippen LogP contribution in [0.2, 0.25) is 0 Å². The first kappa shape index (κ1) is 23.0. The molecule has 0 fully saturated rings. The smallest absolute Gasteiger partial charge is 0.308 e. The number of unbranched alkanes of at least 4 members (excludes halogenated alkanes) is 7. The second-order valence-electron chi connectivity index (χ2n) is 6.16. The Labute approximate surface area is 144 Å². The first-order valence-electron chi connectivity index (χ1n) is 9.48. The molecule has 0 N–H and O–H groups in total. The molecule has 1 unspecified atom stereocenters. The number of ether oxygens (including phenoxy) is 2. The third-order valence-corrected chi connectivity index (χ3v) is 5.11. The molecule has 138 valence electrons. The van der Waals surface area contributed by atoms with E-state index in [4.69, 9.17) is 14.0 Å². The molecule has 0 heterocycles. The highest BCUT2D eigenvalue weighted by molar-refractivity contribution is 7.40. The van der Waals surface area contributed by atoms with Crippen molar-refractivity contribution in [1.29, 1.82) is 0 Å². The minimum absolute atomic E-state index is 0.519. The van der Waals surface area contributed by atoms with E-state index in [0.717, 1.165) is 38.5 Å². The summed E-state index contributed by atoms with van der Waals surface area (Å²) < 4.78 is 29.5. The third-order valence-electron chi connectivity index (χ3n) is 3.77. The summed E-state index contributed by atoms with van der Waals surface area (Å²) in [5.41, 5.74) is -1.11. The molecule has 0 bridgehead atoms. The summed E-state index contributed by atoms with van der Waals surface area (Å²) in [6, 6.07) is 0. The van der Waals surface area contributed by atoms with Gasteiger partial charge in [0.15, 0.2) is 0 Å². The van der Waals surface area contributed by atoms with Gasteiger partial charge in [-0.3, -0.25) is 0 Å². The largest absolute Gasteiger partial charge is 0.575 e. The lowest BCUT2D eigenvalue weighted by molar-refractivity contribution is -0.171. The fraction of sp³-hybridized carbons (Fsp3) is 1.00. The Balaban J connectivity index is 4.11. The molecule has 23 heavy (non-hydrogen) atoms. The second kappa shape index (κ2) is 15.5. The molecule has 5 heteroatoms. The zero-order valence-corrected chi connectivity index (χ0v) is 16.7. The van der Waals surface area contributed by atoms with Crippen molar-refractivity contribution in [2.45, 2.75) is 97.4 Å². The van der Waals surface area contributed by atoms with Crippen LogP contribution >= 0.6 is 8.03 Å². The maximum Gasteiger partial charge on any atom is 0.575 e. The van der Waals surface area contributed by atoms with Gasteiger partial charge >= 0.3 is 13.6 Å². The van der Waals surface area contributed by atoms with Crippen LogP contribution in [0.3, 0.4) is 0 Å². The molecule has 0 aliphatic heterocycles. The van der Waals surface area contributed by atoms with Gasteiger partial charge in [0.1, 0.15) is 6.61 Å². The Bertz CT molecular complexity index is 274. The molecule has 1 atom stereocenters. The fourth-order valence-electron chi connectivity index (χ4n) is 2.11. The summed E-state index contributed by atoms with van der Waals surface area (Å²) in [6.07, 6.45) is 11.1. The molecular weight excluding hydrogens is 311 g/mol. The quantitative estimate of drug-likeness (QED) is 0.173. The van der Waals surface area contributed by atoms with E-state index in [1.54, 1.807) is 6.92 Å². The molecule has 0 radical (unpaired) electrons. The maximum atomic E-state index is 12.5. The second-order valence-corrected chi connectivity index (χ2v) is 7.74. The van der Waals surface area contributed by atoms with E-state index in [1.807, 2.05) is 0 Å². The molecule has 0 saturated heterocycles. The molecule has 0 saturated carbocycles. The Kier molecular flexibility index (Phi) is 15.5. The van der Waals surface area contributed by atoms with Gasteiger partial charge in [-0.05, 0) is 23.8 Å². The van der Waals surface area contributed by atoms with Crippen LogP contribution in [0.25, 0.3) is 0 Å². The van der Waals surface area contributed by atoms with Crippen molar-refractivity contribution in [2.75, 3.05) is 19.8 Å². The van der Waals surface area contributed by atoms with Crippen molar-refractivity contribution in [3.05, 3.63) is 0 Å². The van der Waals surface area contributed by atoms with Crippen molar-refractivity contribution >= 4 is 8.03 Å². The van der Waals surface area contributed by atoms with Gasteiger partial charge in [-0.2, -0.15) is 0 Å². The first-order valence-corrected chi connectivity index (χ1v) is 10.7. The minimum atomic E-state index is -1.98. The van der Waals surface area contributed by atoms with E-state index in [0.29, 0.717) is 19.8 Å². The molecule has 0 rings (SSSR count). The van der Waals surface area contributed by atoms with Gasteiger partial charge in [-0.25, -0.2) is 0 Å². The highest BCUT2D eigenvalue weighted by Gasteiger charge is 2.50. The summed E-state index contributed by atoms with van der Waals surface area (Å²) in [6.45, 7) is 9.80. The summed E-state index contributed by atoms with van der Waals surface area (Å²) in [5.74, 6) is 0. The van der Waals surface area contributed by atoms with Crippen LogP contribution in [-0.2, 0) is 18.6 Å². The van der Waals surface area contributed by atoms with Crippen LogP contribution in [0.5, 0.6) is 0 Å². The molecule has 4 nitrogen and oxygen atoms in total. The average Bonchev–Trinajstić information content (AvgIpc) is 2.54. The molecule has 0 spiro atoms. The Hall–Kier alpha value is -0.0200. The molecule has 0 aliphatic carbocycles. The van der Waals surface area contributed by atoms with Crippen LogP contribution in [-0.4, -0.2) is 25.3 Å². The van der Waals surface area contributed by atoms with Crippen molar-refractivity contribution < 1.29 is 18.6 Å². The summed E-state index contributed by atoms with van der Waals surface area (Å²) in [4.78, 5) is 0. The minimum Gasteiger partial charge on any atom is -0.308 e. The maximum absolute atomic E-state index is 12.5. The van der Waals surface area contributed by atoms with Gasteiger partial charge < -0.3 is 9.47 Å². The molecule has 0 amide bonds. The Morgan fingerprint density at radius 2 is 1.17 bits per heavy atom. The highest BCUT2D eigenvalue weighted by atomic mass is 31.1. The number of hydrogen-bond acceptors (Lipinski definition) is 4. The van der Waals surface area contributed by atoms with E-state index in [-0.39, 0.29) is 0 Å². The lowest BCUT2D eigenvalue weighted by atomic mass is 10.1. The van der Waals surface area contributed by atoms with E-state index < -0.39 is 13.6 Å². The topological polar surface area (TPSA) is 44.8 Å². The van der Waals surface area contributed by atoms with Crippen molar-refractivity contribution in [2.24, 2.45) is 0 Å². The van der Waals surface area contributed by atoms with E-state index >= 15 is 0 Å². The van der Waals surface area contributed by atoms with Crippen LogP contribution < -0.4 is 0 Å². The van der Waals surface area contributed by atoms with Gasteiger partial charge in [-0.1, -0.05) is 65.7 Å².